The Kier molecular flexibility index (Phi) is 6.37. The Morgan fingerprint density at radius 2 is 1.69 bits per heavy atom. The van der Waals surface area contributed by atoms with Crippen LogP contribution in [0, 0.1) is 13.8 Å². The molecule has 3 aromatic rings. The summed E-state index contributed by atoms with van der Waals surface area (Å²) < 4.78 is 43.2. The van der Waals surface area contributed by atoms with E-state index in [-0.39, 0.29) is 5.88 Å². The first-order valence-corrected chi connectivity index (χ1v) is 9.40. The van der Waals surface area contributed by atoms with Crippen LogP contribution in [0.3, 0.4) is 0 Å². The number of halogens is 4. The summed E-state index contributed by atoms with van der Waals surface area (Å²) in [5, 5.41) is 0.614. The second-order valence-corrected chi connectivity index (χ2v) is 6.98. The molecule has 0 unspecified atom stereocenters. The van der Waals surface area contributed by atoms with E-state index in [1.165, 1.54) is 6.07 Å². The molecule has 2 heterocycles. The van der Waals surface area contributed by atoms with Crippen LogP contribution >= 0.6 is 11.6 Å². The maximum absolute atomic E-state index is 12.6. The van der Waals surface area contributed by atoms with Gasteiger partial charge in [0.2, 0.25) is 5.88 Å². The Morgan fingerprint density at radius 3 is 2.31 bits per heavy atom. The summed E-state index contributed by atoms with van der Waals surface area (Å²) in [5.74, 6) is 1.32. The van der Waals surface area contributed by atoms with Crippen molar-refractivity contribution >= 4 is 11.6 Å². The predicted molar refractivity (Wildman–Crippen MR) is 104 cm³/mol. The van der Waals surface area contributed by atoms with Gasteiger partial charge < -0.3 is 4.74 Å². The summed E-state index contributed by atoms with van der Waals surface area (Å²) in [7, 11) is 0. The maximum atomic E-state index is 12.6. The van der Waals surface area contributed by atoms with Gasteiger partial charge >= 0.3 is 6.18 Å². The van der Waals surface area contributed by atoms with E-state index in [1.54, 1.807) is 12.1 Å². The molecule has 2 aromatic heterocycles. The zero-order valence-corrected chi connectivity index (χ0v) is 16.7. The molecular formula is C21H19ClF3N3O. The van der Waals surface area contributed by atoms with Gasteiger partial charge in [0.15, 0.2) is 0 Å². The number of aromatic nitrogens is 3. The highest BCUT2D eigenvalue weighted by atomic mass is 35.5. The summed E-state index contributed by atoms with van der Waals surface area (Å²) in [5.41, 5.74) is 1.93. The number of hydrogen-bond donors (Lipinski definition) is 0. The van der Waals surface area contributed by atoms with Crippen LogP contribution in [-0.4, -0.2) is 15.0 Å². The first kappa shape index (κ1) is 21.0. The van der Waals surface area contributed by atoms with Crippen LogP contribution in [0.1, 0.15) is 34.8 Å². The van der Waals surface area contributed by atoms with E-state index in [0.29, 0.717) is 16.6 Å². The van der Waals surface area contributed by atoms with E-state index in [0.717, 1.165) is 48.5 Å². The van der Waals surface area contributed by atoms with Gasteiger partial charge in [-0.25, -0.2) is 15.0 Å². The van der Waals surface area contributed by atoms with Crippen molar-refractivity contribution in [2.45, 2.75) is 39.3 Å². The van der Waals surface area contributed by atoms with Crippen molar-refractivity contribution < 1.29 is 17.9 Å². The standard InChI is InChI=1S/C21H19ClF3N3O/c1-13-20(22)18(28-14(2)27-13)5-3-4-15-6-9-17(10-7-15)29-19-11-8-16(12-26-19)21(23,24)25/h6-12H,3-5H2,1-2H3. The maximum Gasteiger partial charge on any atom is 0.417 e. The molecule has 0 amide bonds. The second kappa shape index (κ2) is 8.78. The molecule has 0 atom stereocenters. The lowest BCUT2D eigenvalue weighted by molar-refractivity contribution is -0.137. The van der Waals surface area contributed by atoms with E-state index < -0.39 is 11.7 Å². The average molecular weight is 422 g/mol. The van der Waals surface area contributed by atoms with E-state index in [4.69, 9.17) is 16.3 Å². The van der Waals surface area contributed by atoms with E-state index in [1.807, 2.05) is 26.0 Å². The summed E-state index contributed by atoms with van der Waals surface area (Å²) in [6, 6.07) is 9.50. The van der Waals surface area contributed by atoms with Crippen molar-refractivity contribution in [3.8, 4) is 11.6 Å². The van der Waals surface area contributed by atoms with Crippen LogP contribution in [0.4, 0.5) is 13.2 Å². The number of rotatable bonds is 6. The first-order chi connectivity index (χ1) is 13.7. The van der Waals surface area contributed by atoms with E-state index in [9.17, 15) is 13.2 Å². The molecular weight excluding hydrogens is 403 g/mol. The minimum Gasteiger partial charge on any atom is -0.439 e. The third-order valence-corrected chi connectivity index (χ3v) is 4.78. The van der Waals surface area contributed by atoms with Crippen molar-refractivity contribution in [2.24, 2.45) is 0 Å². The van der Waals surface area contributed by atoms with Gasteiger partial charge in [-0.3, -0.25) is 0 Å². The zero-order valence-electron chi connectivity index (χ0n) is 15.9. The number of aryl methyl sites for hydroxylation is 4. The quantitative estimate of drug-likeness (QED) is 0.480. The fraction of sp³-hybridized carbons (Fsp3) is 0.286. The first-order valence-electron chi connectivity index (χ1n) is 9.02. The molecule has 0 N–H and O–H groups in total. The van der Waals surface area contributed by atoms with E-state index in [2.05, 4.69) is 15.0 Å². The molecule has 0 spiro atoms. The van der Waals surface area contributed by atoms with Gasteiger partial charge in [0.25, 0.3) is 0 Å². The molecule has 1 aromatic carbocycles. The van der Waals surface area contributed by atoms with Crippen molar-refractivity contribution in [1.82, 2.24) is 15.0 Å². The number of alkyl halides is 3. The molecule has 0 aliphatic carbocycles. The largest absolute Gasteiger partial charge is 0.439 e. The number of benzene rings is 1. The molecule has 0 saturated heterocycles. The summed E-state index contributed by atoms with van der Waals surface area (Å²) in [6.45, 7) is 3.71. The lowest BCUT2D eigenvalue weighted by Crippen LogP contribution is -2.05. The normalized spacial score (nSPS) is 11.5. The van der Waals surface area contributed by atoms with Gasteiger partial charge in [0, 0.05) is 12.3 Å². The third kappa shape index (κ3) is 5.67. The third-order valence-electron chi connectivity index (χ3n) is 4.29. The van der Waals surface area contributed by atoms with Gasteiger partial charge in [-0.2, -0.15) is 13.2 Å². The summed E-state index contributed by atoms with van der Waals surface area (Å²) >= 11 is 6.27. The fourth-order valence-electron chi connectivity index (χ4n) is 2.85. The van der Waals surface area contributed by atoms with Crippen LogP contribution in [0.2, 0.25) is 5.02 Å². The number of pyridine rings is 1. The predicted octanol–water partition coefficient (Wildman–Crippen LogP) is 6.13. The number of nitrogens with zero attached hydrogens (tertiary/aromatic N) is 3. The molecule has 0 aliphatic rings. The molecule has 4 nitrogen and oxygen atoms in total. The molecule has 152 valence electrons. The van der Waals surface area contributed by atoms with Crippen molar-refractivity contribution in [3.63, 3.8) is 0 Å². The highest BCUT2D eigenvalue weighted by Gasteiger charge is 2.30. The van der Waals surface area contributed by atoms with Crippen molar-refractivity contribution in [1.29, 1.82) is 0 Å². The Balaban J connectivity index is 1.55. The molecule has 0 bridgehead atoms. The Hall–Kier alpha value is -2.67. The second-order valence-electron chi connectivity index (χ2n) is 6.60. The Morgan fingerprint density at radius 1 is 0.966 bits per heavy atom. The lowest BCUT2D eigenvalue weighted by atomic mass is 10.1. The van der Waals surface area contributed by atoms with Crippen molar-refractivity contribution in [2.75, 3.05) is 0 Å². The van der Waals surface area contributed by atoms with Crippen LogP contribution in [0.25, 0.3) is 0 Å². The molecule has 0 aliphatic heterocycles. The van der Waals surface area contributed by atoms with Gasteiger partial charge in [-0.15, -0.1) is 0 Å². The molecule has 3 rings (SSSR count). The minimum absolute atomic E-state index is 0.106. The Labute approximate surface area is 171 Å². The molecule has 0 saturated carbocycles. The van der Waals surface area contributed by atoms with Gasteiger partial charge in [-0.05, 0) is 56.9 Å². The molecule has 8 heteroatoms. The average Bonchev–Trinajstić information content (AvgIpc) is 2.66. The lowest BCUT2D eigenvalue weighted by Gasteiger charge is -2.09. The highest BCUT2D eigenvalue weighted by molar-refractivity contribution is 6.31. The SMILES string of the molecule is Cc1nc(C)c(Cl)c(CCCc2ccc(Oc3ccc(C(F)(F)F)cn3)cc2)n1. The monoisotopic (exact) mass is 421 g/mol. The number of hydrogen-bond acceptors (Lipinski definition) is 4. The van der Waals surface area contributed by atoms with Gasteiger partial charge in [-0.1, -0.05) is 23.7 Å². The van der Waals surface area contributed by atoms with Crippen molar-refractivity contribution in [3.05, 3.63) is 76.0 Å². The van der Waals surface area contributed by atoms with Gasteiger partial charge in [0.1, 0.15) is 11.6 Å². The summed E-state index contributed by atoms with van der Waals surface area (Å²) in [6.07, 6.45) is -1.21. The van der Waals surface area contributed by atoms with Crippen LogP contribution in [0.5, 0.6) is 11.6 Å². The molecule has 0 fully saturated rings. The van der Waals surface area contributed by atoms with Crippen LogP contribution in [-0.2, 0) is 19.0 Å². The molecule has 0 radical (unpaired) electrons. The van der Waals surface area contributed by atoms with Crippen LogP contribution < -0.4 is 4.74 Å². The van der Waals surface area contributed by atoms with E-state index >= 15 is 0 Å². The highest BCUT2D eigenvalue weighted by Crippen LogP contribution is 2.30. The van der Waals surface area contributed by atoms with Gasteiger partial charge in [0.05, 0.1) is 22.0 Å². The minimum atomic E-state index is -4.42. The topological polar surface area (TPSA) is 47.9 Å². The summed E-state index contributed by atoms with van der Waals surface area (Å²) in [4.78, 5) is 12.4. The smallest absolute Gasteiger partial charge is 0.417 e. The molecule has 29 heavy (non-hydrogen) atoms. The number of ether oxygens (including phenoxy) is 1. The van der Waals surface area contributed by atoms with Crippen LogP contribution in [0.15, 0.2) is 42.6 Å². The fourth-order valence-corrected chi connectivity index (χ4v) is 3.03. The Bertz CT molecular complexity index is 974. The zero-order chi connectivity index (χ0) is 21.0.